The highest BCUT2D eigenvalue weighted by molar-refractivity contribution is 5.87. The first-order chi connectivity index (χ1) is 14.6. The molecule has 7 nitrogen and oxygen atoms in total. The molecule has 1 saturated heterocycles. The number of aromatic nitrogens is 2. The van der Waals surface area contributed by atoms with Crippen molar-refractivity contribution in [1.82, 2.24) is 14.9 Å². The molecule has 2 fully saturated rings. The van der Waals surface area contributed by atoms with E-state index in [1.807, 2.05) is 30.1 Å². The second kappa shape index (κ2) is 8.73. The number of likely N-dealkylation sites (tertiary alicyclic amines) is 1. The molecule has 1 atom stereocenters. The van der Waals surface area contributed by atoms with E-state index in [1.54, 1.807) is 12.4 Å². The number of nitrogens with zero attached hydrogens (tertiary/aromatic N) is 2. The molecule has 1 unspecified atom stereocenters. The van der Waals surface area contributed by atoms with Gasteiger partial charge in [-0.3, -0.25) is 9.59 Å². The van der Waals surface area contributed by atoms with Gasteiger partial charge in [-0.1, -0.05) is 6.58 Å². The number of nitrogens with one attached hydrogen (secondary N) is 3. The third-order valence-corrected chi connectivity index (χ3v) is 6.24. The molecule has 1 aliphatic heterocycles. The van der Waals surface area contributed by atoms with Crippen LogP contribution in [0.25, 0.3) is 11.1 Å². The lowest BCUT2D eigenvalue weighted by Gasteiger charge is -2.36. The van der Waals surface area contributed by atoms with Crippen molar-refractivity contribution >= 4 is 17.4 Å². The Kier molecular flexibility index (Phi) is 5.88. The first-order valence-electron chi connectivity index (χ1n) is 10.6. The summed E-state index contributed by atoms with van der Waals surface area (Å²) >= 11 is 0. The van der Waals surface area contributed by atoms with Gasteiger partial charge in [-0.05, 0) is 67.4 Å². The minimum atomic E-state index is -0.105. The Morgan fingerprint density at radius 3 is 2.63 bits per heavy atom. The second-order valence-electron chi connectivity index (χ2n) is 8.19. The topological polar surface area (TPSA) is 90.1 Å². The zero-order chi connectivity index (χ0) is 21.1. The molecule has 0 aromatic carbocycles. The standard InChI is InChI=1S/C23H29N5O2/c1-3-21(29)28-10-7-16(8-11-28)22(15-4-5-15)27-19-12-18(14-26-23(19)30)17-6-9-25-20(13-17)24-2/h3,6,9,12-16,22,27H,1,4-5,7-8,10-11H2,2H3,(H,24,25)(H,26,30). The van der Waals surface area contributed by atoms with E-state index in [1.165, 1.54) is 18.9 Å². The van der Waals surface area contributed by atoms with E-state index in [0.29, 0.717) is 17.5 Å². The number of carbonyl (C=O) groups is 1. The fourth-order valence-corrected chi connectivity index (χ4v) is 4.37. The van der Waals surface area contributed by atoms with Crippen LogP contribution in [0.2, 0.25) is 0 Å². The first kappa shape index (κ1) is 20.2. The van der Waals surface area contributed by atoms with E-state index in [2.05, 4.69) is 27.2 Å². The van der Waals surface area contributed by atoms with E-state index >= 15 is 0 Å². The highest BCUT2D eigenvalue weighted by Crippen LogP contribution is 2.40. The second-order valence-corrected chi connectivity index (χ2v) is 8.19. The van der Waals surface area contributed by atoms with Gasteiger partial charge in [0.25, 0.3) is 5.56 Å². The summed E-state index contributed by atoms with van der Waals surface area (Å²) < 4.78 is 0. The Labute approximate surface area is 176 Å². The largest absolute Gasteiger partial charge is 0.377 e. The van der Waals surface area contributed by atoms with Crippen molar-refractivity contribution < 1.29 is 4.79 Å². The molecule has 158 valence electrons. The molecule has 30 heavy (non-hydrogen) atoms. The fraction of sp³-hybridized carbons (Fsp3) is 0.435. The van der Waals surface area contributed by atoms with Crippen LogP contribution in [0.4, 0.5) is 11.5 Å². The van der Waals surface area contributed by atoms with E-state index in [-0.39, 0.29) is 17.5 Å². The van der Waals surface area contributed by atoms with E-state index in [0.717, 1.165) is 42.9 Å². The Bertz CT molecular complexity index is 974. The normalized spacial score (nSPS) is 18.0. The summed E-state index contributed by atoms with van der Waals surface area (Å²) in [6, 6.07) is 6.08. The van der Waals surface area contributed by atoms with E-state index < -0.39 is 0 Å². The van der Waals surface area contributed by atoms with Gasteiger partial charge in [0.05, 0.1) is 0 Å². The lowest BCUT2D eigenvalue weighted by atomic mass is 9.86. The number of amides is 1. The quantitative estimate of drug-likeness (QED) is 0.614. The van der Waals surface area contributed by atoms with Crippen molar-refractivity contribution in [1.29, 1.82) is 0 Å². The van der Waals surface area contributed by atoms with Gasteiger partial charge in [0.15, 0.2) is 0 Å². The molecular weight excluding hydrogens is 378 g/mol. The summed E-state index contributed by atoms with van der Waals surface area (Å²) in [5.41, 5.74) is 2.44. The molecule has 2 aromatic rings. The first-order valence-corrected chi connectivity index (χ1v) is 10.6. The molecule has 0 spiro atoms. The number of pyridine rings is 2. The maximum atomic E-state index is 12.6. The average molecular weight is 408 g/mol. The van der Waals surface area contributed by atoms with Gasteiger partial charge in [0.1, 0.15) is 11.5 Å². The predicted molar refractivity (Wildman–Crippen MR) is 119 cm³/mol. The number of hydrogen-bond acceptors (Lipinski definition) is 5. The summed E-state index contributed by atoms with van der Waals surface area (Å²) in [6.07, 6.45) is 9.16. The van der Waals surface area contributed by atoms with Gasteiger partial charge in [-0.15, -0.1) is 0 Å². The molecule has 4 rings (SSSR count). The number of anilines is 2. The van der Waals surface area contributed by atoms with Crippen LogP contribution in [0.3, 0.4) is 0 Å². The predicted octanol–water partition coefficient (Wildman–Crippen LogP) is 3.09. The number of carbonyl (C=O) groups excluding carboxylic acids is 1. The molecular formula is C23H29N5O2. The number of aromatic amines is 1. The van der Waals surface area contributed by atoms with Crippen LogP contribution in [0.15, 0.2) is 48.0 Å². The lowest BCUT2D eigenvalue weighted by Crippen LogP contribution is -2.43. The van der Waals surface area contributed by atoms with E-state index in [9.17, 15) is 9.59 Å². The Morgan fingerprint density at radius 1 is 1.23 bits per heavy atom. The SMILES string of the molecule is C=CC(=O)N1CCC(C(Nc2cc(-c3ccnc(NC)c3)c[nH]c2=O)C2CC2)CC1. The molecule has 7 heteroatoms. The maximum absolute atomic E-state index is 12.6. The van der Waals surface area contributed by atoms with Crippen molar-refractivity contribution in [3.8, 4) is 11.1 Å². The zero-order valence-electron chi connectivity index (χ0n) is 17.4. The summed E-state index contributed by atoms with van der Waals surface area (Å²) in [4.78, 5) is 33.4. The zero-order valence-corrected chi connectivity index (χ0v) is 17.4. The van der Waals surface area contributed by atoms with Crippen LogP contribution >= 0.6 is 0 Å². The minimum Gasteiger partial charge on any atom is -0.377 e. The molecule has 0 bridgehead atoms. The summed E-state index contributed by atoms with van der Waals surface area (Å²) in [7, 11) is 1.83. The number of piperidine rings is 1. The number of hydrogen-bond donors (Lipinski definition) is 3. The van der Waals surface area contributed by atoms with Gasteiger partial charge < -0.3 is 20.5 Å². The average Bonchev–Trinajstić information content (AvgIpc) is 3.63. The van der Waals surface area contributed by atoms with Crippen molar-refractivity contribution in [3.63, 3.8) is 0 Å². The summed E-state index contributed by atoms with van der Waals surface area (Å²) in [6.45, 7) is 5.09. The van der Waals surface area contributed by atoms with Crippen molar-refractivity contribution in [2.45, 2.75) is 31.7 Å². The van der Waals surface area contributed by atoms with Crippen LogP contribution < -0.4 is 16.2 Å². The molecule has 1 aliphatic carbocycles. The highest BCUT2D eigenvalue weighted by Gasteiger charge is 2.38. The van der Waals surface area contributed by atoms with Crippen molar-refractivity contribution in [2.75, 3.05) is 30.8 Å². The third kappa shape index (κ3) is 4.40. The van der Waals surface area contributed by atoms with Gasteiger partial charge >= 0.3 is 0 Å². The molecule has 1 amide bonds. The monoisotopic (exact) mass is 407 g/mol. The summed E-state index contributed by atoms with van der Waals surface area (Å²) in [5, 5.41) is 6.62. The van der Waals surface area contributed by atoms with Crippen LogP contribution in [0.1, 0.15) is 25.7 Å². The van der Waals surface area contributed by atoms with Gasteiger partial charge in [0, 0.05) is 44.1 Å². The fourth-order valence-electron chi connectivity index (χ4n) is 4.37. The Hall–Kier alpha value is -3.09. The van der Waals surface area contributed by atoms with Gasteiger partial charge in [0.2, 0.25) is 5.91 Å². The third-order valence-electron chi connectivity index (χ3n) is 6.24. The molecule has 3 heterocycles. The van der Waals surface area contributed by atoms with Crippen LogP contribution in [0.5, 0.6) is 0 Å². The smallest absolute Gasteiger partial charge is 0.271 e. The van der Waals surface area contributed by atoms with Gasteiger partial charge in [-0.25, -0.2) is 4.98 Å². The van der Waals surface area contributed by atoms with Crippen LogP contribution in [0, 0.1) is 11.8 Å². The van der Waals surface area contributed by atoms with Gasteiger partial charge in [-0.2, -0.15) is 0 Å². The summed E-state index contributed by atoms with van der Waals surface area (Å²) in [5.74, 6) is 1.83. The lowest BCUT2D eigenvalue weighted by molar-refractivity contribution is -0.127. The number of rotatable bonds is 7. The molecule has 0 radical (unpaired) electrons. The van der Waals surface area contributed by atoms with Crippen LogP contribution in [-0.4, -0.2) is 47.0 Å². The Morgan fingerprint density at radius 2 is 1.97 bits per heavy atom. The Balaban J connectivity index is 1.52. The highest BCUT2D eigenvalue weighted by atomic mass is 16.2. The molecule has 3 N–H and O–H groups in total. The molecule has 2 aromatic heterocycles. The van der Waals surface area contributed by atoms with E-state index in [4.69, 9.17) is 0 Å². The molecule has 2 aliphatic rings. The van der Waals surface area contributed by atoms with Crippen molar-refractivity contribution in [2.24, 2.45) is 11.8 Å². The number of H-pyrrole nitrogens is 1. The minimum absolute atomic E-state index is 0.00631. The molecule has 1 saturated carbocycles. The van der Waals surface area contributed by atoms with Crippen LogP contribution in [-0.2, 0) is 4.79 Å². The maximum Gasteiger partial charge on any atom is 0.271 e. The van der Waals surface area contributed by atoms with Crippen molar-refractivity contribution in [3.05, 3.63) is 53.6 Å².